The molecule has 1 atom stereocenters. The zero-order valence-electron chi connectivity index (χ0n) is 20.1. The van der Waals surface area contributed by atoms with Crippen molar-refractivity contribution in [3.05, 3.63) is 94.0 Å². The van der Waals surface area contributed by atoms with Gasteiger partial charge in [0, 0.05) is 27.6 Å². The van der Waals surface area contributed by atoms with Crippen molar-refractivity contribution in [2.24, 2.45) is 5.73 Å². The van der Waals surface area contributed by atoms with Crippen molar-refractivity contribution in [1.29, 1.82) is 0 Å². The van der Waals surface area contributed by atoms with Gasteiger partial charge in [0.15, 0.2) is 0 Å². The molecule has 0 saturated carbocycles. The maximum atomic E-state index is 13.8. The van der Waals surface area contributed by atoms with E-state index in [1.54, 1.807) is 56.3 Å². The van der Waals surface area contributed by atoms with Gasteiger partial charge in [0.1, 0.15) is 6.04 Å². The van der Waals surface area contributed by atoms with Gasteiger partial charge in [0.05, 0.1) is 0 Å². The largest absolute Gasteiger partial charge is 0.480 e. The lowest BCUT2D eigenvalue weighted by atomic mass is 9.89. The molecule has 0 aliphatic heterocycles. The molecule has 3 aromatic rings. The summed E-state index contributed by atoms with van der Waals surface area (Å²) in [5.74, 6) is -2.29. The van der Waals surface area contributed by atoms with E-state index < -0.39 is 29.4 Å². The average molecular weight is 527 g/mol. The fourth-order valence-electron chi connectivity index (χ4n) is 4.28. The van der Waals surface area contributed by atoms with Gasteiger partial charge in [-0.15, -0.1) is 0 Å². The molecule has 3 N–H and O–H groups in total. The Morgan fingerprint density at radius 2 is 1.56 bits per heavy atom. The van der Waals surface area contributed by atoms with Crippen LogP contribution in [0.3, 0.4) is 0 Å². The number of halogens is 2. The fraction of sp³-hybridized carbons (Fsp3) is 0.250. The average Bonchev–Trinajstić information content (AvgIpc) is 2.82. The summed E-state index contributed by atoms with van der Waals surface area (Å²) < 4.78 is 0. The van der Waals surface area contributed by atoms with Crippen molar-refractivity contribution in [3.8, 4) is 11.1 Å². The molecule has 0 bridgehead atoms. The van der Waals surface area contributed by atoms with Crippen LogP contribution in [0.2, 0.25) is 10.0 Å². The van der Waals surface area contributed by atoms with Crippen LogP contribution in [0.4, 0.5) is 0 Å². The molecule has 0 aromatic heterocycles. The Morgan fingerprint density at radius 3 is 2.11 bits per heavy atom. The molecule has 0 unspecified atom stereocenters. The molecular weight excluding hydrogens is 499 g/mol. The second-order valence-corrected chi connectivity index (χ2v) is 10.1. The van der Waals surface area contributed by atoms with E-state index in [0.717, 1.165) is 16.7 Å². The minimum absolute atomic E-state index is 0.0962. The third-order valence-corrected chi connectivity index (χ3v) is 6.46. The quantitative estimate of drug-likeness (QED) is 0.346. The Labute approximate surface area is 220 Å². The number of rotatable bonds is 10. The summed E-state index contributed by atoms with van der Waals surface area (Å²) in [6.07, 6.45) is 0.114. The predicted molar refractivity (Wildman–Crippen MR) is 142 cm³/mol. The summed E-state index contributed by atoms with van der Waals surface area (Å²) in [6, 6.07) is 20.2. The number of primary amides is 1. The summed E-state index contributed by atoms with van der Waals surface area (Å²) in [4.78, 5) is 39.0. The van der Waals surface area contributed by atoms with Gasteiger partial charge in [-0.3, -0.25) is 9.59 Å². The van der Waals surface area contributed by atoms with Crippen molar-refractivity contribution in [1.82, 2.24) is 4.90 Å². The first-order chi connectivity index (χ1) is 17.0. The van der Waals surface area contributed by atoms with E-state index in [2.05, 4.69) is 0 Å². The third kappa shape index (κ3) is 6.86. The molecule has 2 amide bonds. The Morgan fingerprint density at radius 1 is 0.917 bits per heavy atom. The van der Waals surface area contributed by atoms with E-state index >= 15 is 0 Å². The number of hydrogen-bond acceptors (Lipinski definition) is 3. The Hall–Kier alpha value is -3.35. The molecule has 3 aromatic carbocycles. The van der Waals surface area contributed by atoms with Crippen LogP contribution in [0.25, 0.3) is 11.1 Å². The smallest absolute Gasteiger partial charge is 0.326 e. The molecule has 8 heteroatoms. The maximum Gasteiger partial charge on any atom is 0.326 e. The molecule has 36 heavy (non-hydrogen) atoms. The van der Waals surface area contributed by atoms with Crippen molar-refractivity contribution < 1.29 is 19.5 Å². The predicted octanol–water partition coefficient (Wildman–Crippen LogP) is 5.84. The van der Waals surface area contributed by atoms with Gasteiger partial charge in [0.25, 0.3) is 5.91 Å². The molecule has 0 aliphatic carbocycles. The molecule has 0 spiro atoms. The van der Waals surface area contributed by atoms with Crippen molar-refractivity contribution in [2.75, 3.05) is 0 Å². The molecule has 0 fully saturated rings. The first-order valence-electron chi connectivity index (χ1n) is 11.4. The van der Waals surface area contributed by atoms with Gasteiger partial charge in [0.2, 0.25) is 5.91 Å². The van der Waals surface area contributed by atoms with Crippen LogP contribution in [0.5, 0.6) is 0 Å². The highest BCUT2D eigenvalue weighted by atomic mass is 35.5. The summed E-state index contributed by atoms with van der Waals surface area (Å²) in [5, 5.41) is 11.2. The number of benzene rings is 3. The highest BCUT2D eigenvalue weighted by Gasteiger charge is 2.40. The number of carbonyl (C=O) groups is 3. The zero-order chi connectivity index (χ0) is 26.5. The van der Waals surface area contributed by atoms with Gasteiger partial charge in [-0.1, -0.05) is 59.6 Å². The minimum atomic E-state index is -1.25. The molecule has 0 aliphatic rings. The minimum Gasteiger partial charge on any atom is -0.480 e. The summed E-state index contributed by atoms with van der Waals surface area (Å²) in [5.41, 5.74) is 7.36. The van der Waals surface area contributed by atoms with Gasteiger partial charge in [-0.05, 0) is 79.8 Å². The van der Waals surface area contributed by atoms with Crippen LogP contribution in [0.15, 0.2) is 72.8 Å². The second kappa shape index (κ2) is 11.6. The molecule has 6 nitrogen and oxygen atoms in total. The lowest BCUT2D eigenvalue weighted by molar-refractivity contribution is -0.144. The van der Waals surface area contributed by atoms with E-state index in [4.69, 9.17) is 28.9 Å². The second-order valence-electron chi connectivity index (χ2n) is 9.24. The number of carboxylic acids is 1. The van der Waals surface area contributed by atoms with Gasteiger partial charge >= 0.3 is 5.97 Å². The normalized spacial score (nSPS) is 12.1. The standard InChI is InChI=1S/C28H28Cl2N2O4/c1-28(2,17-18-6-12-22(29)13-7-18)32(24(27(35)36)14-15-25(31)33)26(34)20-10-8-19(9-11-20)21-4-3-5-23(30)16-21/h3-13,16,24H,14-15,17H2,1-2H3,(H2,31,33)(H,35,36)/t24-/m0/s1. The van der Waals surface area contributed by atoms with E-state index in [1.807, 2.05) is 30.3 Å². The lowest BCUT2D eigenvalue weighted by Gasteiger charge is -2.42. The number of aliphatic carboxylic acids is 1. The summed E-state index contributed by atoms with van der Waals surface area (Å²) in [6.45, 7) is 3.61. The Bertz CT molecular complexity index is 1240. The number of nitrogens with two attached hydrogens (primary N) is 1. The van der Waals surface area contributed by atoms with Crippen LogP contribution >= 0.6 is 23.2 Å². The third-order valence-electron chi connectivity index (χ3n) is 5.97. The number of nitrogens with zero attached hydrogens (tertiary/aromatic N) is 1. The van der Waals surface area contributed by atoms with E-state index in [9.17, 15) is 19.5 Å². The van der Waals surface area contributed by atoms with E-state index in [1.165, 1.54) is 4.90 Å². The zero-order valence-corrected chi connectivity index (χ0v) is 21.6. The van der Waals surface area contributed by atoms with E-state index in [0.29, 0.717) is 22.0 Å². The first kappa shape index (κ1) is 27.2. The molecule has 188 valence electrons. The van der Waals surface area contributed by atoms with Crippen LogP contribution < -0.4 is 5.73 Å². The number of amides is 2. The maximum absolute atomic E-state index is 13.8. The first-order valence-corrected chi connectivity index (χ1v) is 12.2. The summed E-state index contributed by atoms with van der Waals surface area (Å²) >= 11 is 12.1. The fourth-order valence-corrected chi connectivity index (χ4v) is 4.60. The number of carboxylic acid groups (broad SMARTS) is 1. The van der Waals surface area contributed by atoms with Crippen molar-refractivity contribution in [3.63, 3.8) is 0 Å². The highest BCUT2D eigenvalue weighted by Crippen LogP contribution is 2.29. The topological polar surface area (TPSA) is 101 Å². The van der Waals surface area contributed by atoms with Crippen molar-refractivity contribution >= 4 is 41.0 Å². The van der Waals surface area contributed by atoms with Gasteiger partial charge in [-0.25, -0.2) is 4.79 Å². The van der Waals surface area contributed by atoms with Crippen LogP contribution in [0, 0.1) is 0 Å². The lowest BCUT2D eigenvalue weighted by Crippen LogP contribution is -2.57. The summed E-state index contributed by atoms with van der Waals surface area (Å²) in [7, 11) is 0. The molecule has 0 saturated heterocycles. The van der Waals surface area contributed by atoms with Gasteiger partial charge < -0.3 is 15.7 Å². The monoisotopic (exact) mass is 526 g/mol. The molecule has 3 rings (SSSR count). The van der Waals surface area contributed by atoms with E-state index in [-0.39, 0.29) is 12.8 Å². The van der Waals surface area contributed by atoms with Crippen LogP contribution in [-0.4, -0.2) is 39.4 Å². The Kier molecular flexibility index (Phi) is 8.77. The van der Waals surface area contributed by atoms with Gasteiger partial charge in [-0.2, -0.15) is 0 Å². The number of carbonyl (C=O) groups excluding carboxylic acids is 2. The SMILES string of the molecule is CC(C)(Cc1ccc(Cl)cc1)N(C(=O)c1ccc(-c2cccc(Cl)c2)cc1)[C@@H](CCC(N)=O)C(=O)O. The molecule has 0 heterocycles. The number of hydrogen-bond donors (Lipinski definition) is 2. The molecule has 0 radical (unpaired) electrons. The Balaban J connectivity index is 1.99. The highest BCUT2D eigenvalue weighted by molar-refractivity contribution is 6.31. The van der Waals surface area contributed by atoms with Crippen molar-refractivity contribution in [2.45, 2.75) is 44.7 Å². The van der Waals surface area contributed by atoms with Crippen LogP contribution in [-0.2, 0) is 16.0 Å². The van der Waals surface area contributed by atoms with Crippen LogP contribution in [0.1, 0.15) is 42.6 Å². The molecular formula is C28H28Cl2N2O4.